The molecule has 0 spiro atoms. The largest absolute Gasteiger partial charge is 0.278 e. The van der Waals surface area contributed by atoms with Crippen molar-refractivity contribution in [2.75, 3.05) is 0 Å². The molecule has 0 radical (unpaired) electrons. The van der Waals surface area contributed by atoms with E-state index in [1.807, 2.05) is 150 Å². The predicted octanol–water partition coefficient (Wildman–Crippen LogP) is 16.2. The summed E-state index contributed by atoms with van der Waals surface area (Å²) >= 11 is 0. The highest BCUT2D eigenvalue weighted by atomic mass is 15.2. The molecule has 0 aliphatic carbocycles. The number of benzene rings is 11. The molecule has 340 valence electrons. The average molecular weight is 946 g/mol. The van der Waals surface area contributed by atoms with Gasteiger partial charge in [-0.1, -0.05) is 212 Å². The molecule has 0 saturated heterocycles. The van der Waals surface area contributed by atoms with Crippen LogP contribution < -0.4 is 0 Å². The minimum absolute atomic E-state index is 0.153. The quantitative estimate of drug-likeness (QED) is 0.134. The Morgan fingerprint density at radius 3 is 1.41 bits per heavy atom. The highest BCUT2D eigenvalue weighted by molar-refractivity contribution is 6.36. The fourth-order valence-electron chi connectivity index (χ4n) is 9.69. The molecule has 0 fully saturated rings. The van der Waals surface area contributed by atoms with Gasteiger partial charge in [0.05, 0.1) is 30.2 Å². The maximum atomic E-state index is 9.69. The van der Waals surface area contributed by atoms with Crippen LogP contribution in [0.2, 0.25) is 0 Å². The van der Waals surface area contributed by atoms with E-state index in [9.17, 15) is 2.74 Å². The van der Waals surface area contributed by atoms with Gasteiger partial charge in [-0.2, -0.15) is 9.97 Å². The number of fused-ring (bicyclic) bond motifs is 3. The molecule has 0 amide bonds. The Bertz CT molecular complexity index is 5080. The van der Waals surface area contributed by atoms with Gasteiger partial charge in [-0.25, -0.2) is 19.9 Å². The monoisotopic (exact) mass is 945 g/mol. The highest BCUT2D eigenvalue weighted by Gasteiger charge is 2.26. The molecule has 7 heteroatoms. The summed E-state index contributed by atoms with van der Waals surface area (Å²) in [6.45, 7) is 0. The van der Waals surface area contributed by atoms with Crippen LogP contribution in [0.4, 0.5) is 0 Å². The Hall–Kier alpha value is -9.98. The molecule has 7 nitrogen and oxygen atoms in total. The van der Waals surface area contributed by atoms with Crippen LogP contribution >= 0.6 is 0 Å². The number of hydrogen-bond donors (Lipinski definition) is 0. The van der Waals surface area contributed by atoms with Crippen molar-refractivity contribution in [1.82, 2.24) is 34.5 Å². The van der Waals surface area contributed by atoms with Gasteiger partial charge in [-0.3, -0.25) is 4.57 Å². The number of rotatable bonds is 9. The van der Waals surface area contributed by atoms with Gasteiger partial charge >= 0.3 is 0 Å². The van der Waals surface area contributed by atoms with Crippen molar-refractivity contribution in [2.24, 2.45) is 0 Å². The van der Waals surface area contributed by atoms with E-state index in [4.69, 9.17) is 41.4 Å². The van der Waals surface area contributed by atoms with Gasteiger partial charge in [0.25, 0.3) is 0 Å². The zero-order chi connectivity index (χ0) is 60.4. The Labute approximate surface area is 440 Å². The Balaban J connectivity index is 1.07. The molecule has 0 saturated carbocycles. The van der Waals surface area contributed by atoms with Gasteiger partial charge in [0.2, 0.25) is 5.95 Å². The van der Waals surface area contributed by atoms with E-state index in [2.05, 4.69) is 17.1 Å². The molecule has 11 aromatic carbocycles. The molecule has 14 aromatic rings. The van der Waals surface area contributed by atoms with Gasteiger partial charge in [-0.15, -0.1) is 0 Å². The third kappa shape index (κ3) is 7.38. The zero-order valence-electron chi connectivity index (χ0n) is 52.2. The smallest absolute Gasteiger partial charge is 0.238 e. The van der Waals surface area contributed by atoms with Crippen molar-refractivity contribution in [1.29, 1.82) is 0 Å². The number of nitrogens with zero attached hydrogens (tertiary/aromatic N) is 7. The van der Waals surface area contributed by atoms with Crippen molar-refractivity contribution >= 4 is 43.4 Å². The third-order valence-electron chi connectivity index (χ3n) is 12.9. The standard InChI is InChI=1S/C66H41N7/c1-5-19-42(20-6-1)46-27-15-30-49(39-46)62-67-61(45-25-11-4-12-26-45)69-65(70-62)55-37-38-57-60-58(55)53-34-14-13-33-52(53)54-35-18-36-56(59(54)60)73(57)66-71-63(50-31-16-28-47(40-50)43-21-7-2-8-22-43)68-64(72-66)51-32-17-29-48(41-51)44-23-9-3-10-24-44/h1-41H/i1D,4D,5D,6D,11D,12D,15D,19D,20D,25D,26D,27D,30D,39D. The van der Waals surface area contributed by atoms with Gasteiger partial charge in [0.15, 0.2) is 29.1 Å². The lowest BCUT2D eigenvalue weighted by Gasteiger charge is -2.14. The van der Waals surface area contributed by atoms with Crippen LogP contribution in [-0.4, -0.2) is 34.5 Å². The lowest BCUT2D eigenvalue weighted by molar-refractivity contribution is 0.954. The van der Waals surface area contributed by atoms with Crippen LogP contribution in [0.5, 0.6) is 0 Å². The highest BCUT2D eigenvalue weighted by Crippen LogP contribution is 2.47. The first-order valence-corrected chi connectivity index (χ1v) is 23.3. The fraction of sp³-hybridized carbons (Fsp3) is 0. The third-order valence-corrected chi connectivity index (χ3v) is 12.9. The Kier molecular flexibility index (Phi) is 7.15. The van der Waals surface area contributed by atoms with Crippen LogP contribution in [-0.2, 0) is 0 Å². The topological polar surface area (TPSA) is 82.3 Å². The van der Waals surface area contributed by atoms with E-state index < -0.39 is 118 Å². The molecule has 0 bridgehead atoms. The summed E-state index contributed by atoms with van der Waals surface area (Å²) in [6, 6.07) is 43.2. The summed E-state index contributed by atoms with van der Waals surface area (Å²) < 4.78 is 126. The van der Waals surface area contributed by atoms with Crippen LogP contribution in [0.3, 0.4) is 0 Å². The van der Waals surface area contributed by atoms with Crippen molar-refractivity contribution in [2.45, 2.75) is 0 Å². The molecular weight excluding hydrogens is 891 g/mol. The zero-order valence-corrected chi connectivity index (χ0v) is 38.2. The lowest BCUT2D eigenvalue weighted by atomic mass is 9.91. The van der Waals surface area contributed by atoms with Crippen LogP contribution in [0.15, 0.2) is 248 Å². The SMILES string of the molecule is [2H]c1c([2H])c([2H])c(-c2nc(-c3c([2H])c([2H])c([2H])c(-c4c([2H])c([2H])c([2H])c([2H])c4[2H])c3[2H])nc(-c3ccc4c5c3c3ccccc3c3cccc(c35)n4-c3nc(-c4cccc(-c5ccccc5)c4)nc(-c4cccc(-c5ccccc5)c4)n3)n2)c([2H])c1[2H]. The summed E-state index contributed by atoms with van der Waals surface area (Å²) in [5.41, 5.74) is 5.03. The number of aromatic nitrogens is 7. The van der Waals surface area contributed by atoms with Crippen molar-refractivity contribution < 1.29 is 19.2 Å². The van der Waals surface area contributed by atoms with Crippen molar-refractivity contribution in [3.8, 4) is 96.3 Å². The number of hydrogen-bond acceptors (Lipinski definition) is 6. The molecule has 73 heavy (non-hydrogen) atoms. The van der Waals surface area contributed by atoms with Crippen molar-refractivity contribution in [3.05, 3.63) is 248 Å². The minimum atomic E-state index is -0.794. The molecule has 0 aliphatic heterocycles. The van der Waals surface area contributed by atoms with Crippen molar-refractivity contribution in [3.63, 3.8) is 0 Å². The first-order valence-electron chi connectivity index (χ1n) is 30.3. The molecule has 3 aromatic heterocycles. The second-order valence-corrected chi connectivity index (χ2v) is 17.2. The average Bonchev–Trinajstić information content (AvgIpc) is 1.60. The second kappa shape index (κ2) is 17.5. The molecule has 0 N–H and O–H groups in total. The predicted molar refractivity (Wildman–Crippen MR) is 297 cm³/mol. The summed E-state index contributed by atoms with van der Waals surface area (Å²) in [5, 5.41) is 4.54. The molecule has 14 rings (SSSR count). The summed E-state index contributed by atoms with van der Waals surface area (Å²) in [4.78, 5) is 30.3. The second-order valence-electron chi connectivity index (χ2n) is 17.2. The van der Waals surface area contributed by atoms with E-state index in [1.54, 1.807) is 6.07 Å². The van der Waals surface area contributed by atoms with E-state index >= 15 is 0 Å². The van der Waals surface area contributed by atoms with Crippen LogP contribution in [0, 0.1) is 0 Å². The summed E-state index contributed by atoms with van der Waals surface area (Å²) in [6.07, 6.45) is 0. The van der Waals surface area contributed by atoms with E-state index in [-0.39, 0.29) is 5.82 Å². The lowest BCUT2D eigenvalue weighted by Crippen LogP contribution is -2.06. The van der Waals surface area contributed by atoms with Gasteiger partial charge < -0.3 is 0 Å². The summed E-state index contributed by atoms with van der Waals surface area (Å²) in [5.74, 6) is -0.0139. The first kappa shape index (κ1) is 29.9. The maximum absolute atomic E-state index is 9.69. The Morgan fingerprint density at radius 1 is 0.288 bits per heavy atom. The van der Waals surface area contributed by atoms with Crippen LogP contribution in [0.1, 0.15) is 19.2 Å². The molecule has 3 heterocycles. The van der Waals surface area contributed by atoms with Gasteiger partial charge in [0, 0.05) is 44.0 Å². The molecular formula is C66H41N7. The van der Waals surface area contributed by atoms with E-state index in [0.29, 0.717) is 39.4 Å². The molecule has 0 aliphatic rings. The fourth-order valence-corrected chi connectivity index (χ4v) is 9.69. The normalized spacial score (nSPS) is 14.2. The van der Waals surface area contributed by atoms with E-state index in [0.717, 1.165) is 60.4 Å². The summed E-state index contributed by atoms with van der Waals surface area (Å²) in [7, 11) is 0. The molecule has 0 unspecified atom stereocenters. The first-order chi connectivity index (χ1) is 42.0. The van der Waals surface area contributed by atoms with E-state index in [1.165, 1.54) is 0 Å². The maximum Gasteiger partial charge on any atom is 0.238 e. The molecule has 0 atom stereocenters. The van der Waals surface area contributed by atoms with Crippen LogP contribution in [0.25, 0.3) is 140 Å². The Morgan fingerprint density at radius 2 is 0.753 bits per heavy atom. The minimum Gasteiger partial charge on any atom is -0.278 e. The van der Waals surface area contributed by atoms with Gasteiger partial charge in [-0.05, 0) is 85.9 Å². The van der Waals surface area contributed by atoms with Gasteiger partial charge in [0.1, 0.15) is 0 Å².